The lowest BCUT2D eigenvalue weighted by atomic mass is 9.90. The van der Waals surface area contributed by atoms with Gasteiger partial charge in [-0.05, 0) is 49.8 Å². The molecule has 0 aromatic heterocycles. The number of hydrogen-bond donors (Lipinski definition) is 1. The Morgan fingerprint density at radius 1 is 1.32 bits per heavy atom. The molecule has 3 heteroatoms. The second-order valence-corrected chi connectivity index (χ2v) is 6.20. The van der Waals surface area contributed by atoms with Gasteiger partial charge >= 0.3 is 0 Å². The first kappa shape index (κ1) is 15.0. The van der Waals surface area contributed by atoms with E-state index in [0.717, 1.165) is 32.1 Å². The van der Waals surface area contributed by atoms with E-state index in [1.165, 1.54) is 29.3 Å². The molecule has 0 bridgehead atoms. The van der Waals surface area contributed by atoms with Gasteiger partial charge in [0, 0.05) is 23.7 Å². The van der Waals surface area contributed by atoms with Crippen molar-refractivity contribution in [3.05, 3.63) is 34.3 Å². The topological polar surface area (TPSA) is 21.3 Å². The Balaban J connectivity index is 1.93. The van der Waals surface area contributed by atoms with Gasteiger partial charge in [0.2, 0.25) is 0 Å². The molecule has 1 fully saturated rings. The highest BCUT2D eigenvalue weighted by Gasteiger charge is 2.19. The highest BCUT2D eigenvalue weighted by atomic mass is 79.9. The quantitative estimate of drug-likeness (QED) is 0.859. The third kappa shape index (κ3) is 4.90. The lowest BCUT2D eigenvalue weighted by molar-refractivity contribution is 0.0606. The first-order valence-electron chi connectivity index (χ1n) is 7.34. The molecular formula is C16H24BrNO. The van der Waals surface area contributed by atoms with E-state index in [2.05, 4.69) is 52.4 Å². The maximum atomic E-state index is 5.45. The molecule has 1 saturated heterocycles. The average molecular weight is 326 g/mol. The van der Waals surface area contributed by atoms with Crippen molar-refractivity contribution in [1.82, 2.24) is 5.32 Å². The fraction of sp³-hybridized carbons (Fsp3) is 0.625. The highest BCUT2D eigenvalue weighted by molar-refractivity contribution is 9.10. The molecule has 1 heterocycles. The van der Waals surface area contributed by atoms with Crippen LogP contribution in [0.25, 0.3) is 0 Å². The zero-order chi connectivity index (χ0) is 13.5. The van der Waals surface area contributed by atoms with Crippen molar-refractivity contribution in [2.45, 2.75) is 38.6 Å². The van der Waals surface area contributed by atoms with Crippen LogP contribution in [0.15, 0.2) is 28.7 Å². The van der Waals surface area contributed by atoms with Crippen molar-refractivity contribution in [3.8, 4) is 0 Å². The van der Waals surface area contributed by atoms with Crippen LogP contribution in [-0.2, 0) is 11.2 Å². The van der Waals surface area contributed by atoms with Gasteiger partial charge in [-0.3, -0.25) is 0 Å². The van der Waals surface area contributed by atoms with Gasteiger partial charge in [-0.25, -0.2) is 0 Å². The molecule has 106 valence electrons. The SMILES string of the molecule is CCNC(Cc1ccccc1Br)CC1CCOCC1. The minimum absolute atomic E-state index is 0.576. The Morgan fingerprint density at radius 3 is 2.74 bits per heavy atom. The summed E-state index contributed by atoms with van der Waals surface area (Å²) in [6.07, 6.45) is 4.81. The molecule has 1 aliphatic heterocycles. The lowest BCUT2D eigenvalue weighted by Crippen LogP contribution is -2.34. The second kappa shape index (κ2) is 8.03. The van der Waals surface area contributed by atoms with Gasteiger partial charge in [-0.1, -0.05) is 41.1 Å². The Hall–Kier alpha value is -0.380. The molecule has 1 aromatic carbocycles. The van der Waals surface area contributed by atoms with Crippen LogP contribution in [-0.4, -0.2) is 25.8 Å². The lowest BCUT2D eigenvalue weighted by Gasteiger charge is -2.27. The summed E-state index contributed by atoms with van der Waals surface area (Å²) in [6, 6.07) is 9.13. The van der Waals surface area contributed by atoms with E-state index in [1.807, 2.05) is 0 Å². The molecule has 0 amide bonds. The minimum Gasteiger partial charge on any atom is -0.381 e. The highest BCUT2D eigenvalue weighted by Crippen LogP contribution is 2.24. The molecule has 1 unspecified atom stereocenters. The Labute approximate surface area is 125 Å². The van der Waals surface area contributed by atoms with Gasteiger partial charge in [0.25, 0.3) is 0 Å². The van der Waals surface area contributed by atoms with Crippen LogP contribution in [0.5, 0.6) is 0 Å². The Morgan fingerprint density at radius 2 is 2.05 bits per heavy atom. The molecule has 1 aromatic rings. The molecular weight excluding hydrogens is 302 g/mol. The molecule has 0 radical (unpaired) electrons. The van der Waals surface area contributed by atoms with Crippen molar-refractivity contribution in [3.63, 3.8) is 0 Å². The number of nitrogens with one attached hydrogen (secondary N) is 1. The maximum Gasteiger partial charge on any atom is 0.0468 e. The van der Waals surface area contributed by atoms with Gasteiger partial charge in [-0.15, -0.1) is 0 Å². The molecule has 19 heavy (non-hydrogen) atoms. The van der Waals surface area contributed by atoms with Gasteiger partial charge < -0.3 is 10.1 Å². The number of rotatable bonds is 6. The molecule has 2 nitrogen and oxygen atoms in total. The average Bonchev–Trinajstić information content (AvgIpc) is 2.43. The largest absolute Gasteiger partial charge is 0.381 e. The van der Waals surface area contributed by atoms with Gasteiger partial charge in [0.05, 0.1) is 0 Å². The van der Waals surface area contributed by atoms with E-state index >= 15 is 0 Å². The van der Waals surface area contributed by atoms with Crippen LogP contribution < -0.4 is 5.32 Å². The van der Waals surface area contributed by atoms with Crippen LogP contribution >= 0.6 is 15.9 Å². The monoisotopic (exact) mass is 325 g/mol. The molecule has 1 aliphatic rings. The molecule has 0 aliphatic carbocycles. The van der Waals surface area contributed by atoms with Crippen molar-refractivity contribution < 1.29 is 4.74 Å². The second-order valence-electron chi connectivity index (χ2n) is 5.34. The molecule has 0 saturated carbocycles. The van der Waals surface area contributed by atoms with Crippen LogP contribution in [0, 0.1) is 5.92 Å². The zero-order valence-electron chi connectivity index (χ0n) is 11.7. The third-order valence-electron chi connectivity index (χ3n) is 3.88. The summed E-state index contributed by atoms with van der Waals surface area (Å²) < 4.78 is 6.68. The summed E-state index contributed by atoms with van der Waals surface area (Å²) >= 11 is 3.65. The van der Waals surface area contributed by atoms with Gasteiger partial charge in [-0.2, -0.15) is 0 Å². The molecule has 1 atom stereocenters. The zero-order valence-corrected chi connectivity index (χ0v) is 13.3. The van der Waals surface area contributed by atoms with Crippen molar-refractivity contribution in [1.29, 1.82) is 0 Å². The van der Waals surface area contributed by atoms with E-state index in [4.69, 9.17) is 4.74 Å². The molecule has 0 spiro atoms. The van der Waals surface area contributed by atoms with E-state index in [1.54, 1.807) is 0 Å². The Bertz CT molecular complexity index is 377. The number of hydrogen-bond acceptors (Lipinski definition) is 2. The van der Waals surface area contributed by atoms with E-state index in [9.17, 15) is 0 Å². The summed E-state index contributed by atoms with van der Waals surface area (Å²) in [7, 11) is 0. The first-order chi connectivity index (χ1) is 9.29. The fourth-order valence-electron chi connectivity index (χ4n) is 2.84. The third-order valence-corrected chi connectivity index (χ3v) is 4.65. The standard InChI is InChI=1S/C16H24BrNO/c1-2-18-15(11-13-7-9-19-10-8-13)12-14-5-3-4-6-16(14)17/h3-6,13,15,18H,2,7-12H2,1H3. The van der Waals surface area contributed by atoms with Crippen molar-refractivity contribution in [2.24, 2.45) is 5.92 Å². The van der Waals surface area contributed by atoms with Gasteiger partial charge in [0.15, 0.2) is 0 Å². The number of ether oxygens (including phenoxy) is 1. The summed E-state index contributed by atoms with van der Waals surface area (Å²) in [5.74, 6) is 0.820. The Kier molecular flexibility index (Phi) is 6.35. The predicted molar refractivity (Wildman–Crippen MR) is 83.5 cm³/mol. The van der Waals surface area contributed by atoms with Gasteiger partial charge in [0.1, 0.15) is 0 Å². The summed E-state index contributed by atoms with van der Waals surface area (Å²) in [5, 5.41) is 3.64. The van der Waals surface area contributed by atoms with E-state index in [0.29, 0.717) is 6.04 Å². The van der Waals surface area contributed by atoms with Crippen LogP contribution in [0.2, 0.25) is 0 Å². The number of halogens is 1. The summed E-state index contributed by atoms with van der Waals surface area (Å²) in [4.78, 5) is 0. The predicted octanol–water partition coefficient (Wildman–Crippen LogP) is 3.79. The molecule has 2 rings (SSSR count). The minimum atomic E-state index is 0.576. The van der Waals surface area contributed by atoms with Crippen molar-refractivity contribution >= 4 is 15.9 Å². The fourth-order valence-corrected chi connectivity index (χ4v) is 3.29. The summed E-state index contributed by atoms with van der Waals surface area (Å²) in [5.41, 5.74) is 1.40. The normalized spacial score (nSPS) is 18.4. The first-order valence-corrected chi connectivity index (χ1v) is 8.13. The van der Waals surface area contributed by atoms with E-state index in [-0.39, 0.29) is 0 Å². The van der Waals surface area contributed by atoms with Crippen LogP contribution in [0.1, 0.15) is 31.7 Å². The molecule has 1 N–H and O–H groups in total. The number of benzene rings is 1. The maximum absolute atomic E-state index is 5.45. The number of likely N-dealkylation sites (N-methyl/N-ethyl adjacent to an activating group) is 1. The summed E-state index contributed by atoms with van der Waals surface area (Å²) in [6.45, 7) is 5.12. The van der Waals surface area contributed by atoms with E-state index < -0.39 is 0 Å². The smallest absolute Gasteiger partial charge is 0.0468 e. The van der Waals surface area contributed by atoms with Crippen LogP contribution in [0.4, 0.5) is 0 Å². The van der Waals surface area contributed by atoms with Crippen molar-refractivity contribution in [2.75, 3.05) is 19.8 Å². The van der Waals surface area contributed by atoms with Crippen LogP contribution in [0.3, 0.4) is 0 Å².